The summed E-state index contributed by atoms with van der Waals surface area (Å²) in [6, 6.07) is 7.03. The first-order valence-corrected chi connectivity index (χ1v) is 9.81. The highest BCUT2D eigenvalue weighted by molar-refractivity contribution is 6.05. The second-order valence-electron chi connectivity index (χ2n) is 7.05. The lowest BCUT2D eigenvalue weighted by atomic mass is 10.0. The fourth-order valence-corrected chi connectivity index (χ4v) is 3.19. The van der Waals surface area contributed by atoms with Gasteiger partial charge >= 0.3 is 0 Å². The standard InChI is InChI=1S/C23H26N4O4/c1-6-27-15(2)17-9-10-19(31-14-21(29)26(3)4)23(30-5)22(17)25-20(27)12-18(28)16-8-7-11-24-13-16/h7-13,25H,2,6,14H2,1,3-5H3. The molecular weight excluding hydrogens is 396 g/mol. The molecule has 1 aromatic carbocycles. The Bertz CT molecular complexity index is 1030. The van der Waals surface area contributed by atoms with Gasteiger partial charge in [0.2, 0.25) is 0 Å². The number of ketones is 1. The molecule has 0 atom stereocenters. The Labute approximate surface area is 181 Å². The lowest BCUT2D eigenvalue weighted by Crippen LogP contribution is -2.31. The molecule has 3 rings (SSSR count). The molecule has 0 radical (unpaired) electrons. The molecule has 2 heterocycles. The molecule has 0 aliphatic carbocycles. The Kier molecular flexibility index (Phi) is 6.59. The summed E-state index contributed by atoms with van der Waals surface area (Å²) in [4.78, 5) is 32.0. The number of carbonyl (C=O) groups is 2. The van der Waals surface area contributed by atoms with E-state index in [0.29, 0.717) is 35.1 Å². The van der Waals surface area contributed by atoms with Crippen LogP contribution in [0.5, 0.6) is 11.5 Å². The van der Waals surface area contributed by atoms with Crippen LogP contribution in [0.15, 0.2) is 55.1 Å². The summed E-state index contributed by atoms with van der Waals surface area (Å²) in [5.41, 5.74) is 2.64. The third-order valence-corrected chi connectivity index (χ3v) is 4.89. The number of fused-ring (bicyclic) bond motifs is 1. The van der Waals surface area contributed by atoms with Gasteiger partial charge in [0, 0.05) is 55.9 Å². The van der Waals surface area contributed by atoms with Crippen LogP contribution in [0, 0.1) is 0 Å². The number of methoxy groups -OCH3 is 1. The van der Waals surface area contributed by atoms with E-state index in [1.165, 1.54) is 24.3 Å². The maximum absolute atomic E-state index is 12.7. The Morgan fingerprint density at radius 2 is 2.06 bits per heavy atom. The van der Waals surface area contributed by atoms with Crippen molar-refractivity contribution < 1.29 is 19.1 Å². The monoisotopic (exact) mass is 422 g/mol. The van der Waals surface area contributed by atoms with E-state index in [9.17, 15) is 9.59 Å². The van der Waals surface area contributed by atoms with Gasteiger partial charge in [0.15, 0.2) is 23.9 Å². The van der Waals surface area contributed by atoms with Crippen LogP contribution in [0.2, 0.25) is 0 Å². The second-order valence-corrected chi connectivity index (χ2v) is 7.05. The van der Waals surface area contributed by atoms with Gasteiger partial charge < -0.3 is 24.6 Å². The second kappa shape index (κ2) is 9.34. The number of likely N-dealkylation sites (N-methyl/N-ethyl adjacent to an activating group) is 1. The van der Waals surface area contributed by atoms with Crippen LogP contribution in [0.1, 0.15) is 22.8 Å². The number of allylic oxidation sites excluding steroid dienone is 1. The summed E-state index contributed by atoms with van der Waals surface area (Å²) in [7, 11) is 4.85. The third-order valence-electron chi connectivity index (χ3n) is 4.89. The Morgan fingerprint density at radius 1 is 1.29 bits per heavy atom. The summed E-state index contributed by atoms with van der Waals surface area (Å²) in [6.07, 6.45) is 4.65. The molecule has 0 unspecified atom stereocenters. The molecule has 0 spiro atoms. The van der Waals surface area contributed by atoms with Gasteiger partial charge in [-0.2, -0.15) is 0 Å². The number of hydrogen-bond donors (Lipinski definition) is 1. The number of nitrogens with one attached hydrogen (secondary N) is 1. The predicted octanol–water partition coefficient (Wildman–Crippen LogP) is 3.00. The Hall–Kier alpha value is -3.81. The van der Waals surface area contributed by atoms with E-state index in [2.05, 4.69) is 16.9 Å². The summed E-state index contributed by atoms with van der Waals surface area (Å²) in [5, 5.41) is 3.28. The van der Waals surface area contributed by atoms with Crippen molar-refractivity contribution in [2.24, 2.45) is 0 Å². The van der Waals surface area contributed by atoms with Crippen molar-refractivity contribution in [3.8, 4) is 11.5 Å². The molecule has 31 heavy (non-hydrogen) atoms. The molecule has 0 saturated carbocycles. The Balaban J connectivity index is 1.98. The van der Waals surface area contributed by atoms with Crippen molar-refractivity contribution in [2.75, 3.05) is 39.7 Å². The summed E-state index contributed by atoms with van der Waals surface area (Å²) >= 11 is 0. The van der Waals surface area contributed by atoms with E-state index in [1.807, 2.05) is 17.9 Å². The highest BCUT2D eigenvalue weighted by Gasteiger charge is 2.28. The van der Waals surface area contributed by atoms with E-state index >= 15 is 0 Å². The largest absolute Gasteiger partial charge is 0.491 e. The lowest BCUT2D eigenvalue weighted by Gasteiger charge is -2.35. The highest BCUT2D eigenvalue weighted by Crippen LogP contribution is 2.45. The van der Waals surface area contributed by atoms with Crippen LogP contribution in [0.25, 0.3) is 5.70 Å². The molecular formula is C23H26N4O4. The van der Waals surface area contributed by atoms with Crippen molar-refractivity contribution in [1.82, 2.24) is 14.8 Å². The normalized spacial score (nSPS) is 14.0. The summed E-state index contributed by atoms with van der Waals surface area (Å²) in [5.74, 6) is 1.05. The minimum atomic E-state index is -0.187. The molecule has 0 fully saturated rings. The molecule has 2 aromatic rings. The maximum Gasteiger partial charge on any atom is 0.259 e. The molecule has 1 aliphatic heterocycles. The van der Waals surface area contributed by atoms with E-state index in [0.717, 1.165) is 11.3 Å². The van der Waals surface area contributed by atoms with Crippen molar-refractivity contribution in [3.05, 3.63) is 66.3 Å². The number of benzene rings is 1. The number of hydrogen-bond acceptors (Lipinski definition) is 7. The SMILES string of the molecule is C=C1c2ccc(OCC(=O)N(C)C)c(OC)c2NC(=CC(=O)c2cccnc2)N1CC. The van der Waals surface area contributed by atoms with Crippen molar-refractivity contribution in [1.29, 1.82) is 0 Å². The van der Waals surface area contributed by atoms with E-state index < -0.39 is 0 Å². The van der Waals surface area contributed by atoms with Gasteiger partial charge in [-0.05, 0) is 31.2 Å². The van der Waals surface area contributed by atoms with Crippen LogP contribution >= 0.6 is 0 Å². The number of pyridine rings is 1. The number of aromatic nitrogens is 1. The number of amides is 1. The van der Waals surface area contributed by atoms with Crippen molar-refractivity contribution in [2.45, 2.75) is 6.92 Å². The molecule has 0 bridgehead atoms. The van der Waals surface area contributed by atoms with Gasteiger partial charge in [-0.25, -0.2) is 0 Å². The average Bonchev–Trinajstić information content (AvgIpc) is 2.77. The number of nitrogens with zero attached hydrogens (tertiary/aromatic N) is 3. The first-order valence-electron chi connectivity index (χ1n) is 9.81. The summed E-state index contributed by atoms with van der Waals surface area (Å²) in [6.45, 7) is 6.67. The molecule has 1 amide bonds. The number of anilines is 1. The number of rotatable bonds is 7. The number of carbonyl (C=O) groups excluding carboxylic acids is 2. The average molecular weight is 422 g/mol. The Morgan fingerprint density at radius 3 is 2.68 bits per heavy atom. The van der Waals surface area contributed by atoms with Crippen LogP contribution in [0.4, 0.5) is 5.69 Å². The maximum atomic E-state index is 12.7. The van der Waals surface area contributed by atoms with Gasteiger partial charge in [-0.1, -0.05) is 6.58 Å². The molecule has 1 aromatic heterocycles. The topological polar surface area (TPSA) is 84.0 Å². The lowest BCUT2D eigenvalue weighted by molar-refractivity contribution is -0.130. The van der Waals surface area contributed by atoms with Gasteiger partial charge in [0.05, 0.1) is 12.8 Å². The van der Waals surface area contributed by atoms with Crippen molar-refractivity contribution >= 4 is 23.1 Å². The fourth-order valence-electron chi connectivity index (χ4n) is 3.19. The first kappa shape index (κ1) is 21.9. The molecule has 1 aliphatic rings. The molecule has 1 N–H and O–H groups in total. The van der Waals surface area contributed by atoms with Gasteiger partial charge in [-0.15, -0.1) is 0 Å². The van der Waals surface area contributed by atoms with Crippen molar-refractivity contribution in [3.63, 3.8) is 0 Å². The van der Waals surface area contributed by atoms with Crippen LogP contribution < -0.4 is 14.8 Å². The van der Waals surface area contributed by atoms with Gasteiger partial charge in [-0.3, -0.25) is 14.6 Å². The minimum absolute atomic E-state index is 0.119. The summed E-state index contributed by atoms with van der Waals surface area (Å²) < 4.78 is 11.3. The minimum Gasteiger partial charge on any atom is -0.491 e. The predicted molar refractivity (Wildman–Crippen MR) is 119 cm³/mol. The van der Waals surface area contributed by atoms with Gasteiger partial charge in [0.25, 0.3) is 5.91 Å². The van der Waals surface area contributed by atoms with Gasteiger partial charge in [0.1, 0.15) is 5.82 Å². The first-order chi connectivity index (χ1) is 14.9. The van der Waals surface area contributed by atoms with Crippen LogP contribution in [0.3, 0.4) is 0 Å². The van der Waals surface area contributed by atoms with Crippen LogP contribution in [-0.2, 0) is 4.79 Å². The molecule has 8 nitrogen and oxygen atoms in total. The van der Waals surface area contributed by atoms with Crippen LogP contribution in [-0.4, -0.2) is 60.8 Å². The molecule has 162 valence electrons. The molecule has 0 saturated heterocycles. The smallest absolute Gasteiger partial charge is 0.259 e. The zero-order valence-electron chi connectivity index (χ0n) is 18.1. The van der Waals surface area contributed by atoms with E-state index in [1.54, 1.807) is 38.5 Å². The zero-order chi connectivity index (χ0) is 22.5. The van der Waals surface area contributed by atoms with E-state index in [-0.39, 0.29) is 18.3 Å². The highest BCUT2D eigenvalue weighted by atomic mass is 16.5. The quantitative estimate of drug-likeness (QED) is 0.542. The number of ether oxygens (including phenoxy) is 2. The zero-order valence-corrected chi connectivity index (χ0v) is 18.1. The van der Waals surface area contributed by atoms with E-state index in [4.69, 9.17) is 9.47 Å². The fraction of sp³-hybridized carbons (Fsp3) is 0.261. The molecule has 8 heteroatoms. The third kappa shape index (κ3) is 4.53.